The van der Waals surface area contributed by atoms with Crippen LogP contribution in [-0.2, 0) is 30.7 Å². The molecule has 178 valence electrons. The first kappa shape index (κ1) is 23.7. The normalized spacial score (nSPS) is 29.2. The highest BCUT2D eigenvalue weighted by atomic mass is 32.2. The predicted octanol–water partition coefficient (Wildman–Crippen LogP) is 4.92. The number of hydrogen-bond donors (Lipinski definition) is 0. The van der Waals surface area contributed by atoms with Crippen molar-refractivity contribution in [2.75, 3.05) is 12.9 Å². The van der Waals surface area contributed by atoms with Crippen molar-refractivity contribution in [1.82, 2.24) is 0 Å². The number of sulfone groups is 1. The van der Waals surface area contributed by atoms with Crippen LogP contribution in [0.25, 0.3) is 0 Å². The van der Waals surface area contributed by atoms with E-state index in [-0.39, 0.29) is 29.5 Å². The number of benzene rings is 1. The molecule has 3 aliphatic rings. The largest absolute Gasteiger partial charge is 0.462 e. The van der Waals surface area contributed by atoms with Crippen molar-refractivity contribution in [2.45, 2.75) is 75.9 Å². The van der Waals surface area contributed by atoms with Gasteiger partial charge in [-0.25, -0.2) is 12.8 Å². The van der Waals surface area contributed by atoms with Crippen LogP contribution in [0.4, 0.5) is 4.39 Å². The Balaban J connectivity index is 1.19. The van der Waals surface area contributed by atoms with Crippen LogP contribution in [0, 0.1) is 35.4 Å². The predicted molar refractivity (Wildman–Crippen MR) is 119 cm³/mol. The average molecular weight is 467 g/mol. The average Bonchev–Trinajstić information content (AvgIpc) is 3.61. The van der Waals surface area contributed by atoms with E-state index in [9.17, 15) is 17.6 Å². The van der Waals surface area contributed by atoms with Crippen LogP contribution < -0.4 is 0 Å². The number of carbonyl (C=O) groups is 1. The molecule has 0 spiro atoms. The SMILES string of the molecule is CC(C(=O)OC1CC1)C1CCCC(C2CC2COCc2ccc(S(C)(=O)=O)c(F)c2)CC1. The third-order valence-corrected chi connectivity index (χ3v) is 8.65. The Kier molecular flexibility index (Phi) is 7.25. The maximum absolute atomic E-state index is 14.0. The molecule has 1 aromatic carbocycles. The Morgan fingerprint density at radius 1 is 1.16 bits per heavy atom. The molecule has 32 heavy (non-hydrogen) atoms. The van der Waals surface area contributed by atoms with Gasteiger partial charge in [0.2, 0.25) is 0 Å². The first-order valence-electron chi connectivity index (χ1n) is 12.0. The van der Waals surface area contributed by atoms with Crippen LogP contribution in [0.1, 0.15) is 63.9 Å². The second-order valence-electron chi connectivity index (χ2n) is 10.2. The molecule has 0 bridgehead atoms. The highest BCUT2D eigenvalue weighted by Gasteiger charge is 2.43. The van der Waals surface area contributed by atoms with E-state index in [1.165, 1.54) is 37.8 Å². The first-order valence-corrected chi connectivity index (χ1v) is 13.9. The Labute approximate surface area is 191 Å². The van der Waals surface area contributed by atoms with Crippen LogP contribution >= 0.6 is 0 Å². The van der Waals surface area contributed by atoms with Gasteiger partial charge in [-0.05, 0) is 79.9 Å². The molecule has 4 rings (SSSR count). The molecular weight excluding hydrogens is 431 g/mol. The molecule has 0 radical (unpaired) electrons. The van der Waals surface area contributed by atoms with Crippen molar-refractivity contribution in [1.29, 1.82) is 0 Å². The fourth-order valence-electron chi connectivity index (χ4n) is 5.24. The van der Waals surface area contributed by atoms with Crippen molar-refractivity contribution in [3.8, 4) is 0 Å². The van der Waals surface area contributed by atoms with Gasteiger partial charge in [0.05, 0.1) is 19.1 Å². The van der Waals surface area contributed by atoms with E-state index in [1.54, 1.807) is 6.07 Å². The van der Waals surface area contributed by atoms with E-state index < -0.39 is 15.7 Å². The molecule has 1 aromatic rings. The van der Waals surface area contributed by atoms with Crippen molar-refractivity contribution in [2.24, 2.45) is 29.6 Å². The number of esters is 1. The van der Waals surface area contributed by atoms with Crippen LogP contribution in [-0.4, -0.2) is 33.4 Å². The highest BCUT2D eigenvalue weighted by molar-refractivity contribution is 7.90. The molecule has 0 heterocycles. The second kappa shape index (κ2) is 9.80. The lowest BCUT2D eigenvalue weighted by molar-refractivity contribution is -0.151. The van der Waals surface area contributed by atoms with E-state index in [1.807, 2.05) is 6.92 Å². The molecule has 0 amide bonds. The summed E-state index contributed by atoms with van der Waals surface area (Å²) in [6.45, 7) is 2.98. The summed E-state index contributed by atoms with van der Waals surface area (Å²) in [6.07, 6.45) is 10.2. The van der Waals surface area contributed by atoms with Crippen LogP contribution in [0.3, 0.4) is 0 Å². The van der Waals surface area contributed by atoms with E-state index in [4.69, 9.17) is 9.47 Å². The highest BCUT2D eigenvalue weighted by Crippen LogP contribution is 2.50. The number of halogens is 1. The lowest BCUT2D eigenvalue weighted by Crippen LogP contribution is -2.23. The summed E-state index contributed by atoms with van der Waals surface area (Å²) >= 11 is 0. The van der Waals surface area contributed by atoms with Crippen LogP contribution in [0.15, 0.2) is 23.1 Å². The topological polar surface area (TPSA) is 69.7 Å². The van der Waals surface area contributed by atoms with Gasteiger partial charge in [0.25, 0.3) is 0 Å². The van der Waals surface area contributed by atoms with Gasteiger partial charge < -0.3 is 9.47 Å². The molecule has 0 aliphatic heterocycles. The molecule has 5 unspecified atom stereocenters. The van der Waals surface area contributed by atoms with Crippen LogP contribution in [0.5, 0.6) is 0 Å². The minimum atomic E-state index is -3.56. The Morgan fingerprint density at radius 3 is 2.62 bits per heavy atom. The van der Waals surface area contributed by atoms with Gasteiger partial charge in [-0.3, -0.25) is 4.79 Å². The lowest BCUT2D eigenvalue weighted by Gasteiger charge is -2.21. The Bertz CT molecular complexity index is 926. The van der Waals surface area contributed by atoms with Gasteiger partial charge in [0.1, 0.15) is 16.8 Å². The molecule has 3 aliphatic carbocycles. The minimum absolute atomic E-state index is 0.00200. The van der Waals surface area contributed by atoms with Crippen molar-refractivity contribution in [3.63, 3.8) is 0 Å². The Hall–Kier alpha value is -1.47. The maximum Gasteiger partial charge on any atom is 0.309 e. The summed E-state index contributed by atoms with van der Waals surface area (Å²) in [5.74, 6) is 1.65. The molecule has 0 saturated heterocycles. The summed E-state index contributed by atoms with van der Waals surface area (Å²) in [5.41, 5.74) is 0.650. The summed E-state index contributed by atoms with van der Waals surface area (Å²) in [5, 5.41) is 0. The van der Waals surface area contributed by atoms with Gasteiger partial charge in [0, 0.05) is 6.26 Å². The fraction of sp³-hybridized carbons (Fsp3) is 0.720. The zero-order valence-corrected chi connectivity index (χ0v) is 19.9. The minimum Gasteiger partial charge on any atom is -0.462 e. The van der Waals surface area contributed by atoms with Gasteiger partial charge in [-0.15, -0.1) is 0 Å². The maximum atomic E-state index is 14.0. The molecule has 3 saturated carbocycles. The van der Waals surface area contributed by atoms with Crippen LogP contribution in [0.2, 0.25) is 0 Å². The molecule has 0 aromatic heterocycles. The number of carbonyl (C=O) groups excluding carboxylic acids is 1. The van der Waals surface area contributed by atoms with Gasteiger partial charge in [0.15, 0.2) is 9.84 Å². The summed E-state index contributed by atoms with van der Waals surface area (Å²) in [6, 6.07) is 4.18. The van der Waals surface area contributed by atoms with E-state index in [2.05, 4.69) is 0 Å². The molecule has 5 atom stereocenters. The van der Waals surface area contributed by atoms with Gasteiger partial charge in [-0.2, -0.15) is 0 Å². The van der Waals surface area contributed by atoms with Crippen molar-refractivity contribution < 1.29 is 27.1 Å². The summed E-state index contributed by atoms with van der Waals surface area (Å²) in [4.78, 5) is 12.0. The number of ether oxygens (including phenoxy) is 2. The second-order valence-corrected chi connectivity index (χ2v) is 12.1. The molecule has 5 nitrogen and oxygen atoms in total. The third-order valence-electron chi connectivity index (χ3n) is 7.52. The van der Waals surface area contributed by atoms with Crippen molar-refractivity contribution >= 4 is 15.8 Å². The third kappa shape index (κ3) is 6.10. The fourth-order valence-corrected chi connectivity index (χ4v) is 5.97. The zero-order valence-electron chi connectivity index (χ0n) is 19.1. The lowest BCUT2D eigenvalue weighted by atomic mass is 9.86. The summed E-state index contributed by atoms with van der Waals surface area (Å²) < 4.78 is 48.4. The van der Waals surface area contributed by atoms with E-state index in [0.29, 0.717) is 35.8 Å². The monoisotopic (exact) mass is 466 g/mol. The van der Waals surface area contributed by atoms with Gasteiger partial charge >= 0.3 is 5.97 Å². The standard InChI is InChI=1S/C25H35FO5S/c1-16(25(27)31-21-9-10-21)18-4-3-5-19(8-7-18)22-13-20(22)15-30-14-17-6-11-24(23(26)12-17)32(2,28)29/h6,11-12,16,18-22H,3-5,7-10,13-15H2,1-2H3. The molecule has 3 fully saturated rings. The zero-order chi connectivity index (χ0) is 22.9. The van der Waals surface area contributed by atoms with E-state index >= 15 is 0 Å². The first-order chi connectivity index (χ1) is 15.2. The van der Waals surface area contributed by atoms with E-state index in [0.717, 1.165) is 31.9 Å². The number of hydrogen-bond acceptors (Lipinski definition) is 5. The quantitative estimate of drug-likeness (QED) is 0.382. The summed E-state index contributed by atoms with van der Waals surface area (Å²) in [7, 11) is -3.56. The molecule has 7 heteroatoms. The smallest absolute Gasteiger partial charge is 0.309 e. The number of rotatable bonds is 9. The van der Waals surface area contributed by atoms with Crippen molar-refractivity contribution in [3.05, 3.63) is 29.6 Å². The molecular formula is C25H35FO5S. The molecule has 0 N–H and O–H groups in total. The van der Waals surface area contributed by atoms with Gasteiger partial charge in [-0.1, -0.05) is 25.8 Å². The Morgan fingerprint density at radius 2 is 1.94 bits per heavy atom.